The van der Waals surface area contributed by atoms with E-state index in [1.165, 1.54) is 23.8 Å². The van der Waals surface area contributed by atoms with Crippen LogP contribution >= 0.6 is 11.6 Å². The number of allylic oxidation sites excluding steroid dienone is 2. The Morgan fingerprint density at radius 1 is 1.10 bits per heavy atom. The third-order valence-corrected chi connectivity index (χ3v) is 5.44. The lowest BCUT2D eigenvalue weighted by atomic mass is 9.90. The Kier molecular flexibility index (Phi) is 5.06. The minimum absolute atomic E-state index is 0.169. The Bertz CT molecular complexity index is 1250. The van der Waals surface area contributed by atoms with Gasteiger partial charge in [-0.3, -0.25) is 9.36 Å². The molecule has 1 aliphatic rings. The number of rotatable bonds is 3. The van der Waals surface area contributed by atoms with Crippen molar-refractivity contribution >= 4 is 41.1 Å². The van der Waals surface area contributed by atoms with Crippen molar-refractivity contribution in [3.8, 4) is 11.6 Å². The Morgan fingerprint density at radius 3 is 2.53 bits per heavy atom. The standard InChI is InChI=1S/C24H18ClNO4/c1-14-22(24(29)30-2)18(23(28)26(14)20-10-6-5-9-19(20)25)13-17-16-8-4-3-7-15(16)11-12-21(17)27/h3-13,28H,1-2H3. The maximum Gasteiger partial charge on any atom is 0.340 e. The van der Waals surface area contributed by atoms with Gasteiger partial charge in [0.05, 0.1) is 28.9 Å². The van der Waals surface area contributed by atoms with E-state index in [1.807, 2.05) is 24.3 Å². The molecule has 1 heterocycles. The highest BCUT2D eigenvalue weighted by Crippen LogP contribution is 2.38. The Balaban J connectivity index is 2.01. The molecule has 3 aromatic rings. The lowest BCUT2D eigenvalue weighted by Gasteiger charge is -2.13. The average molecular weight is 420 g/mol. The summed E-state index contributed by atoms with van der Waals surface area (Å²) in [6.45, 7) is 1.69. The Labute approximate surface area is 178 Å². The highest BCUT2D eigenvalue weighted by atomic mass is 35.5. The number of halogens is 1. The van der Waals surface area contributed by atoms with Gasteiger partial charge in [-0.15, -0.1) is 0 Å². The number of hydrogen-bond donors (Lipinski definition) is 1. The molecule has 0 spiro atoms. The van der Waals surface area contributed by atoms with Gasteiger partial charge in [0.25, 0.3) is 0 Å². The van der Waals surface area contributed by atoms with Crippen molar-refractivity contribution < 1.29 is 19.4 Å². The van der Waals surface area contributed by atoms with Gasteiger partial charge in [-0.1, -0.05) is 54.1 Å². The average Bonchev–Trinajstić information content (AvgIpc) is 2.99. The van der Waals surface area contributed by atoms with E-state index in [0.29, 0.717) is 22.0 Å². The second-order valence-electron chi connectivity index (χ2n) is 6.82. The molecule has 5 nitrogen and oxygen atoms in total. The first-order valence-corrected chi connectivity index (χ1v) is 9.62. The summed E-state index contributed by atoms with van der Waals surface area (Å²) in [5.74, 6) is -1.03. The number of esters is 1. The number of nitrogens with zero attached hydrogens (tertiary/aromatic N) is 1. The van der Waals surface area contributed by atoms with E-state index in [9.17, 15) is 14.7 Å². The van der Waals surface area contributed by atoms with Crippen LogP contribution in [0.4, 0.5) is 0 Å². The predicted molar refractivity (Wildman–Crippen MR) is 117 cm³/mol. The van der Waals surface area contributed by atoms with Gasteiger partial charge in [-0.2, -0.15) is 0 Å². The van der Waals surface area contributed by atoms with Gasteiger partial charge in [0, 0.05) is 11.3 Å². The lowest BCUT2D eigenvalue weighted by molar-refractivity contribution is -0.109. The summed E-state index contributed by atoms with van der Waals surface area (Å²) < 4.78 is 6.44. The molecule has 1 N–H and O–H groups in total. The molecule has 150 valence electrons. The minimum Gasteiger partial charge on any atom is -0.494 e. The SMILES string of the molecule is COC(=O)c1c(C=C2C(=O)C=Cc3ccccc32)c(O)n(-c2ccccc2Cl)c1C. The monoisotopic (exact) mass is 419 g/mol. The number of aromatic hydroxyl groups is 1. The largest absolute Gasteiger partial charge is 0.494 e. The van der Waals surface area contributed by atoms with Crippen LogP contribution in [-0.2, 0) is 9.53 Å². The number of fused-ring (bicyclic) bond motifs is 1. The second kappa shape index (κ2) is 7.69. The van der Waals surface area contributed by atoms with Gasteiger partial charge < -0.3 is 9.84 Å². The molecule has 0 unspecified atom stereocenters. The van der Waals surface area contributed by atoms with Crippen LogP contribution in [0.25, 0.3) is 23.4 Å². The number of ether oxygens (including phenoxy) is 1. The number of aromatic nitrogens is 1. The van der Waals surface area contributed by atoms with Crippen LogP contribution in [0, 0.1) is 6.92 Å². The van der Waals surface area contributed by atoms with E-state index in [1.54, 1.807) is 37.3 Å². The van der Waals surface area contributed by atoms with Crippen LogP contribution in [0.2, 0.25) is 5.02 Å². The van der Waals surface area contributed by atoms with Gasteiger partial charge in [-0.05, 0) is 42.3 Å². The first-order valence-electron chi connectivity index (χ1n) is 9.25. The van der Waals surface area contributed by atoms with Crippen LogP contribution < -0.4 is 0 Å². The normalized spacial score (nSPS) is 14.1. The first kappa shape index (κ1) is 19.7. The summed E-state index contributed by atoms with van der Waals surface area (Å²) in [5.41, 5.74) is 3.32. The van der Waals surface area contributed by atoms with Crippen molar-refractivity contribution in [3.05, 3.63) is 87.6 Å². The van der Waals surface area contributed by atoms with E-state index in [4.69, 9.17) is 16.3 Å². The van der Waals surface area contributed by atoms with E-state index < -0.39 is 5.97 Å². The van der Waals surface area contributed by atoms with Crippen LogP contribution in [0.3, 0.4) is 0 Å². The fourth-order valence-electron chi connectivity index (χ4n) is 3.69. The zero-order valence-electron chi connectivity index (χ0n) is 16.3. The summed E-state index contributed by atoms with van der Waals surface area (Å²) >= 11 is 6.33. The number of hydrogen-bond acceptors (Lipinski definition) is 4. The van der Waals surface area contributed by atoms with Crippen LogP contribution in [0.5, 0.6) is 5.88 Å². The molecular weight excluding hydrogens is 402 g/mol. The first-order chi connectivity index (χ1) is 14.4. The molecule has 0 amide bonds. The third-order valence-electron chi connectivity index (χ3n) is 5.12. The number of carbonyl (C=O) groups is 2. The molecule has 1 aliphatic carbocycles. The molecular formula is C24H18ClNO4. The molecule has 4 rings (SSSR count). The number of ketones is 1. The third kappa shape index (κ3) is 3.13. The van der Waals surface area contributed by atoms with E-state index in [0.717, 1.165) is 11.1 Å². The topological polar surface area (TPSA) is 68.5 Å². The maximum atomic E-state index is 12.7. The number of benzene rings is 2. The zero-order valence-corrected chi connectivity index (χ0v) is 17.1. The summed E-state index contributed by atoms with van der Waals surface area (Å²) in [7, 11) is 1.27. The fraction of sp³-hybridized carbons (Fsp3) is 0.0833. The van der Waals surface area contributed by atoms with Crippen molar-refractivity contribution in [3.63, 3.8) is 0 Å². The molecule has 0 bridgehead atoms. The Hall–Kier alpha value is -3.57. The molecule has 2 aromatic carbocycles. The lowest BCUT2D eigenvalue weighted by Crippen LogP contribution is -2.07. The molecule has 0 aliphatic heterocycles. The van der Waals surface area contributed by atoms with Gasteiger partial charge in [0.15, 0.2) is 5.78 Å². The number of methoxy groups -OCH3 is 1. The van der Waals surface area contributed by atoms with Crippen molar-refractivity contribution in [2.24, 2.45) is 0 Å². The van der Waals surface area contributed by atoms with Gasteiger partial charge in [0.2, 0.25) is 5.88 Å². The van der Waals surface area contributed by atoms with Gasteiger partial charge in [-0.25, -0.2) is 4.79 Å². The summed E-state index contributed by atoms with van der Waals surface area (Å²) in [6.07, 6.45) is 4.75. The zero-order chi connectivity index (χ0) is 21.4. The molecule has 6 heteroatoms. The van der Waals surface area contributed by atoms with Gasteiger partial charge >= 0.3 is 5.97 Å². The molecule has 30 heavy (non-hydrogen) atoms. The smallest absolute Gasteiger partial charge is 0.340 e. The van der Waals surface area contributed by atoms with Crippen LogP contribution in [-0.4, -0.2) is 28.5 Å². The minimum atomic E-state index is -0.618. The van der Waals surface area contributed by atoms with Gasteiger partial charge in [0.1, 0.15) is 0 Å². The van der Waals surface area contributed by atoms with Crippen molar-refractivity contribution in [2.75, 3.05) is 7.11 Å². The molecule has 0 saturated heterocycles. The molecule has 0 fully saturated rings. The highest BCUT2D eigenvalue weighted by molar-refractivity contribution is 6.34. The maximum absolute atomic E-state index is 12.7. The van der Waals surface area contributed by atoms with Crippen molar-refractivity contribution in [2.45, 2.75) is 6.92 Å². The van der Waals surface area contributed by atoms with E-state index in [2.05, 4.69) is 0 Å². The molecule has 0 saturated carbocycles. The van der Waals surface area contributed by atoms with E-state index in [-0.39, 0.29) is 22.8 Å². The number of carbonyl (C=O) groups excluding carboxylic acids is 2. The molecule has 1 aromatic heterocycles. The summed E-state index contributed by atoms with van der Waals surface area (Å²) in [5, 5.41) is 11.5. The van der Waals surface area contributed by atoms with Crippen LogP contribution in [0.15, 0.2) is 54.6 Å². The fourth-order valence-corrected chi connectivity index (χ4v) is 3.91. The highest BCUT2D eigenvalue weighted by Gasteiger charge is 2.28. The molecule has 0 atom stereocenters. The number of para-hydroxylation sites is 1. The van der Waals surface area contributed by atoms with Crippen LogP contribution in [0.1, 0.15) is 32.7 Å². The summed E-state index contributed by atoms with van der Waals surface area (Å²) in [6, 6.07) is 14.4. The summed E-state index contributed by atoms with van der Waals surface area (Å²) in [4.78, 5) is 25.3. The quantitative estimate of drug-likeness (QED) is 0.475. The van der Waals surface area contributed by atoms with Crippen molar-refractivity contribution in [1.82, 2.24) is 4.57 Å². The van der Waals surface area contributed by atoms with E-state index >= 15 is 0 Å². The second-order valence-corrected chi connectivity index (χ2v) is 7.23. The Morgan fingerprint density at radius 2 is 1.80 bits per heavy atom. The molecule has 0 radical (unpaired) electrons. The van der Waals surface area contributed by atoms with Crippen molar-refractivity contribution in [1.29, 1.82) is 0 Å². The predicted octanol–water partition coefficient (Wildman–Crippen LogP) is 5.07.